The first kappa shape index (κ1) is 14.8. The van der Waals surface area contributed by atoms with Gasteiger partial charge in [-0.3, -0.25) is 0 Å². The first-order valence-electron chi connectivity index (χ1n) is 7.37. The Balaban J connectivity index is 2.11. The molecule has 20 heavy (non-hydrogen) atoms. The Hall–Kier alpha value is -1.60. The van der Waals surface area contributed by atoms with Gasteiger partial charge in [-0.1, -0.05) is 53.6 Å². The maximum absolute atomic E-state index is 3.47. The minimum absolute atomic E-state index is 0.484. The van der Waals surface area contributed by atoms with Crippen LogP contribution in [-0.4, -0.2) is 13.1 Å². The van der Waals surface area contributed by atoms with Gasteiger partial charge >= 0.3 is 0 Å². The Morgan fingerprint density at radius 2 is 1.65 bits per heavy atom. The van der Waals surface area contributed by atoms with Gasteiger partial charge in [0.2, 0.25) is 0 Å². The van der Waals surface area contributed by atoms with E-state index in [4.69, 9.17) is 0 Å². The van der Waals surface area contributed by atoms with E-state index in [0.717, 1.165) is 12.8 Å². The zero-order chi connectivity index (χ0) is 14.5. The predicted molar refractivity (Wildman–Crippen MR) is 87.4 cm³/mol. The quantitative estimate of drug-likeness (QED) is 0.864. The molecule has 0 radical (unpaired) electrons. The van der Waals surface area contributed by atoms with Crippen molar-refractivity contribution in [2.45, 2.75) is 39.7 Å². The number of benzene rings is 2. The number of likely N-dealkylation sites (N-methyl/N-ethyl adjacent to an activating group) is 1. The van der Waals surface area contributed by atoms with E-state index in [0.29, 0.717) is 6.04 Å². The van der Waals surface area contributed by atoms with Gasteiger partial charge in [0.15, 0.2) is 0 Å². The van der Waals surface area contributed by atoms with E-state index in [1.54, 1.807) is 0 Å². The second-order valence-corrected chi connectivity index (χ2v) is 5.81. The van der Waals surface area contributed by atoms with E-state index >= 15 is 0 Å². The van der Waals surface area contributed by atoms with E-state index in [1.807, 2.05) is 0 Å². The van der Waals surface area contributed by atoms with Gasteiger partial charge in [0, 0.05) is 6.04 Å². The highest BCUT2D eigenvalue weighted by atomic mass is 14.9. The average Bonchev–Trinajstić information content (AvgIpc) is 2.42. The minimum atomic E-state index is 0.484. The zero-order valence-corrected chi connectivity index (χ0v) is 13.0. The smallest absolute Gasteiger partial charge is 0.0145 e. The molecular formula is C19H25N. The van der Waals surface area contributed by atoms with Crippen molar-refractivity contribution in [2.75, 3.05) is 7.05 Å². The molecule has 0 fully saturated rings. The highest BCUT2D eigenvalue weighted by Crippen LogP contribution is 2.15. The van der Waals surface area contributed by atoms with Crippen molar-refractivity contribution >= 4 is 0 Å². The Bertz CT molecular complexity index is 572. The molecule has 0 aliphatic rings. The van der Waals surface area contributed by atoms with Gasteiger partial charge < -0.3 is 5.32 Å². The predicted octanol–water partition coefficient (Wildman–Crippen LogP) is 3.99. The van der Waals surface area contributed by atoms with Crippen LogP contribution in [0.5, 0.6) is 0 Å². The summed E-state index contributed by atoms with van der Waals surface area (Å²) in [7, 11) is 2.06. The molecular weight excluding hydrogens is 242 g/mol. The van der Waals surface area contributed by atoms with Gasteiger partial charge in [-0.25, -0.2) is 0 Å². The molecule has 0 aromatic heterocycles. The molecule has 0 amide bonds. The number of aryl methyl sites for hydroxylation is 3. The van der Waals surface area contributed by atoms with E-state index in [1.165, 1.54) is 27.8 Å². The number of rotatable bonds is 5. The molecule has 0 saturated carbocycles. The van der Waals surface area contributed by atoms with Crippen LogP contribution >= 0.6 is 0 Å². The minimum Gasteiger partial charge on any atom is -0.316 e. The van der Waals surface area contributed by atoms with Crippen LogP contribution in [0.2, 0.25) is 0 Å². The lowest BCUT2D eigenvalue weighted by Gasteiger charge is -2.18. The Morgan fingerprint density at radius 1 is 0.900 bits per heavy atom. The van der Waals surface area contributed by atoms with Gasteiger partial charge in [-0.2, -0.15) is 0 Å². The van der Waals surface area contributed by atoms with Crippen LogP contribution in [0.3, 0.4) is 0 Å². The van der Waals surface area contributed by atoms with Crippen LogP contribution in [0, 0.1) is 20.8 Å². The number of nitrogens with one attached hydrogen (secondary N) is 1. The summed E-state index contributed by atoms with van der Waals surface area (Å²) >= 11 is 0. The van der Waals surface area contributed by atoms with E-state index < -0.39 is 0 Å². The summed E-state index contributed by atoms with van der Waals surface area (Å²) in [4.78, 5) is 0. The van der Waals surface area contributed by atoms with E-state index in [2.05, 4.69) is 75.6 Å². The molecule has 0 spiro atoms. The summed E-state index contributed by atoms with van der Waals surface area (Å²) < 4.78 is 0. The molecule has 2 aromatic rings. The molecule has 0 bridgehead atoms. The molecule has 0 aliphatic carbocycles. The van der Waals surface area contributed by atoms with E-state index in [-0.39, 0.29) is 0 Å². The lowest BCUT2D eigenvalue weighted by molar-refractivity contribution is 0.555. The summed E-state index contributed by atoms with van der Waals surface area (Å²) in [5, 5.41) is 3.47. The van der Waals surface area contributed by atoms with Crippen molar-refractivity contribution in [3.05, 3.63) is 70.3 Å². The van der Waals surface area contributed by atoms with Crippen molar-refractivity contribution < 1.29 is 0 Å². The van der Waals surface area contributed by atoms with Crippen molar-refractivity contribution in [3.63, 3.8) is 0 Å². The van der Waals surface area contributed by atoms with Gasteiger partial charge in [0.25, 0.3) is 0 Å². The first-order valence-corrected chi connectivity index (χ1v) is 7.37. The van der Waals surface area contributed by atoms with Crippen LogP contribution in [0.25, 0.3) is 0 Å². The first-order chi connectivity index (χ1) is 9.58. The number of hydrogen-bond acceptors (Lipinski definition) is 1. The third-order valence-corrected chi connectivity index (χ3v) is 3.94. The third kappa shape index (κ3) is 3.94. The molecule has 1 unspecified atom stereocenters. The van der Waals surface area contributed by atoms with Gasteiger partial charge in [0.05, 0.1) is 0 Å². The fourth-order valence-electron chi connectivity index (χ4n) is 2.69. The normalized spacial score (nSPS) is 12.4. The second-order valence-electron chi connectivity index (χ2n) is 5.81. The summed E-state index contributed by atoms with van der Waals surface area (Å²) in [6, 6.07) is 16.0. The Kier molecular flexibility index (Phi) is 4.97. The molecule has 1 N–H and O–H groups in total. The molecule has 2 aromatic carbocycles. The monoisotopic (exact) mass is 267 g/mol. The van der Waals surface area contributed by atoms with Crippen LogP contribution < -0.4 is 5.32 Å². The van der Waals surface area contributed by atoms with Gasteiger partial charge in [-0.05, 0) is 57.4 Å². The van der Waals surface area contributed by atoms with Crippen molar-refractivity contribution in [2.24, 2.45) is 0 Å². The number of hydrogen-bond donors (Lipinski definition) is 1. The van der Waals surface area contributed by atoms with Crippen molar-refractivity contribution in [3.8, 4) is 0 Å². The highest BCUT2D eigenvalue weighted by Gasteiger charge is 2.10. The molecule has 1 atom stereocenters. The fourth-order valence-corrected chi connectivity index (χ4v) is 2.69. The highest BCUT2D eigenvalue weighted by molar-refractivity contribution is 5.31. The molecule has 1 heteroatoms. The maximum Gasteiger partial charge on any atom is 0.0145 e. The lowest BCUT2D eigenvalue weighted by atomic mass is 9.95. The largest absolute Gasteiger partial charge is 0.316 e. The third-order valence-electron chi connectivity index (χ3n) is 3.94. The molecule has 0 heterocycles. The summed E-state index contributed by atoms with van der Waals surface area (Å²) in [5.41, 5.74) is 6.94. The van der Waals surface area contributed by atoms with Crippen molar-refractivity contribution in [1.82, 2.24) is 5.32 Å². The van der Waals surface area contributed by atoms with Crippen LogP contribution in [0.4, 0.5) is 0 Å². The zero-order valence-electron chi connectivity index (χ0n) is 13.0. The van der Waals surface area contributed by atoms with Gasteiger partial charge in [-0.15, -0.1) is 0 Å². The van der Waals surface area contributed by atoms with Gasteiger partial charge in [0.1, 0.15) is 0 Å². The fraction of sp³-hybridized carbons (Fsp3) is 0.368. The molecule has 106 valence electrons. The van der Waals surface area contributed by atoms with Crippen LogP contribution in [-0.2, 0) is 12.8 Å². The molecule has 1 nitrogen and oxygen atoms in total. The lowest BCUT2D eigenvalue weighted by Crippen LogP contribution is -2.30. The van der Waals surface area contributed by atoms with Crippen LogP contribution in [0.15, 0.2) is 42.5 Å². The second kappa shape index (κ2) is 6.71. The Morgan fingerprint density at radius 3 is 2.35 bits per heavy atom. The van der Waals surface area contributed by atoms with Crippen LogP contribution in [0.1, 0.15) is 27.8 Å². The topological polar surface area (TPSA) is 12.0 Å². The maximum atomic E-state index is 3.47. The van der Waals surface area contributed by atoms with Crippen molar-refractivity contribution in [1.29, 1.82) is 0 Å². The summed E-state index contributed by atoms with van der Waals surface area (Å²) in [5.74, 6) is 0. The SMILES string of the molecule is CNC(Cc1cccc(C)c1)Cc1cc(C)ccc1C. The summed E-state index contributed by atoms with van der Waals surface area (Å²) in [6.07, 6.45) is 2.16. The summed E-state index contributed by atoms with van der Waals surface area (Å²) in [6.45, 7) is 6.52. The van der Waals surface area contributed by atoms with E-state index in [9.17, 15) is 0 Å². The molecule has 0 aliphatic heterocycles. The average molecular weight is 267 g/mol. The Labute approximate surface area is 123 Å². The molecule has 2 rings (SSSR count). The molecule has 0 saturated heterocycles. The standard InChI is InChI=1S/C19H25N/c1-14-6-5-7-17(10-14)12-19(20-4)13-18-11-15(2)8-9-16(18)3/h5-11,19-20H,12-13H2,1-4H3.